The van der Waals surface area contributed by atoms with Gasteiger partial charge in [-0.25, -0.2) is 0 Å². The predicted octanol–water partition coefficient (Wildman–Crippen LogP) is 2.76. The lowest BCUT2D eigenvalue weighted by Gasteiger charge is -2.04. The Morgan fingerprint density at radius 2 is 1.50 bits per heavy atom. The van der Waals surface area contributed by atoms with Gasteiger partial charge in [0.1, 0.15) is 11.5 Å². The highest BCUT2D eigenvalue weighted by molar-refractivity contribution is 5.92. The molecule has 0 saturated heterocycles. The van der Waals surface area contributed by atoms with Crippen molar-refractivity contribution in [2.75, 3.05) is 13.1 Å². The van der Waals surface area contributed by atoms with Crippen LogP contribution in [0.25, 0.3) is 12.2 Å². The molecule has 0 radical (unpaired) electrons. The van der Waals surface area contributed by atoms with Gasteiger partial charge < -0.3 is 20.8 Å². The Morgan fingerprint density at radius 1 is 0.893 bits per heavy atom. The van der Waals surface area contributed by atoms with E-state index < -0.39 is 0 Å². The highest BCUT2D eigenvalue weighted by Crippen LogP contribution is 2.23. The number of rotatable bonds is 8. The molecule has 6 heteroatoms. The van der Waals surface area contributed by atoms with Crippen LogP contribution in [-0.4, -0.2) is 35.1 Å². The molecule has 2 aromatic rings. The molecule has 0 atom stereocenters. The van der Waals surface area contributed by atoms with Gasteiger partial charge in [-0.15, -0.1) is 0 Å². The molecule has 6 nitrogen and oxygen atoms in total. The number of phenols is 2. The zero-order chi connectivity index (χ0) is 20.4. The summed E-state index contributed by atoms with van der Waals surface area (Å²) in [7, 11) is 0. The first-order valence-corrected chi connectivity index (χ1v) is 8.94. The maximum Gasteiger partial charge on any atom is 0.244 e. The van der Waals surface area contributed by atoms with E-state index in [2.05, 4.69) is 10.6 Å². The summed E-state index contributed by atoms with van der Waals surface area (Å²) in [6.45, 7) is 2.86. The second-order valence-electron chi connectivity index (χ2n) is 6.26. The summed E-state index contributed by atoms with van der Waals surface area (Å²) in [5.74, 6) is -0.645. The van der Waals surface area contributed by atoms with Crippen LogP contribution in [0, 0.1) is 6.92 Å². The molecular weight excluding hydrogens is 356 g/mol. The molecule has 146 valence electrons. The number of carbonyl (C=O) groups excluding carboxylic acids is 2. The topological polar surface area (TPSA) is 98.7 Å². The van der Waals surface area contributed by atoms with E-state index in [1.807, 2.05) is 31.2 Å². The number of hydrogen-bond donors (Lipinski definition) is 4. The fourth-order valence-corrected chi connectivity index (χ4v) is 2.32. The van der Waals surface area contributed by atoms with Gasteiger partial charge >= 0.3 is 0 Å². The summed E-state index contributed by atoms with van der Waals surface area (Å²) in [5, 5.41) is 24.3. The van der Waals surface area contributed by atoms with Gasteiger partial charge in [-0.05, 0) is 43.2 Å². The summed E-state index contributed by atoms with van der Waals surface area (Å²) in [4.78, 5) is 23.5. The van der Waals surface area contributed by atoms with Crippen LogP contribution in [0.15, 0.2) is 54.6 Å². The molecule has 0 spiro atoms. The Balaban J connectivity index is 1.64. The first kappa shape index (κ1) is 20.8. The lowest BCUT2D eigenvalue weighted by atomic mass is 10.1. The number of nitrogens with one attached hydrogen (secondary N) is 2. The van der Waals surface area contributed by atoms with E-state index in [0.717, 1.165) is 5.56 Å². The number of phenolic OH excluding ortho intramolecular Hbond substituents is 2. The third kappa shape index (κ3) is 7.37. The van der Waals surface area contributed by atoms with Gasteiger partial charge in [0.05, 0.1) is 0 Å². The number of aryl methyl sites for hydroxylation is 1. The van der Waals surface area contributed by atoms with Crippen molar-refractivity contribution in [3.8, 4) is 11.5 Å². The molecular formula is C22H24N2O4. The van der Waals surface area contributed by atoms with Crippen LogP contribution in [-0.2, 0) is 9.59 Å². The Labute approximate surface area is 164 Å². The van der Waals surface area contributed by atoms with Crippen LogP contribution in [0.3, 0.4) is 0 Å². The molecule has 2 aromatic carbocycles. The van der Waals surface area contributed by atoms with Gasteiger partial charge in [0, 0.05) is 36.9 Å². The first-order chi connectivity index (χ1) is 13.4. The fraction of sp³-hybridized carbons (Fsp3) is 0.182. The second-order valence-corrected chi connectivity index (χ2v) is 6.26. The van der Waals surface area contributed by atoms with Crippen molar-refractivity contribution in [2.45, 2.75) is 13.3 Å². The SMILES string of the molecule is Cc1ccc(/C=C/C(=O)NCCCNC(=O)/C=C/c2ccc(O)cc2O)cc1. The quantitative estimate of drug-likeness (QED) is 0.418. The number of benzene rings is 2. The number of amides is 2. The van der Waals surface area contributed by atoms with Crippen molar-refractivity contribution in [1.82, 2.24) is 10.6 Å². The predicted molar refractivity (Wildman–Crippen MR) is 110 cm³/mol. The van der Waals surface area contributed by atoms with E-state index in [9.17, 15) is 19.8 Å². The van der Waals surface area contributed by atoms with E-state index in [1.165, 1.54) is 42.0 Å². The highest BCUT2D eigenvalue weighted by Gasteiger charge is 2.01. The molecule has 2 amide bonds. The molecule has 0 heterocycles. The van der Waals surface area contributed by atoms with Gasteiger partial charge in [0.15, 0.2) is 0 Å². The smallest absolute Gasteiger partial charge is 0.244 e. The van der Waals surface area contributed by atoms with Gasteiger partial charge in [0.2, 0.25) is 11.8 Å². The lowest BCUT2D eigenvalue weighted by Crippen LogP contribution is -2.28. The molecule has 2 rings (SSSR count). The Bertz CT molecular complexity index is 871. The highest BCUT2D eigenvalue weighted by atomic mass is 16.3. The second kappa shape index (κ2) is 10.6. The molecule has 0 saturated carbocycles. The van der Waals surface area contributed by atoms with Crippen LogP contribution >= 0.6 is 0 Å². The monoisotopic (exact) mass is 380 g/mol. The molecule has 0 aliphatic rings. The number of carbonyl (C=O) groups is 2. The minimum Gasteiger partial charge on any atom is -0.508 e. The van der Waals surface area contributed by atoms with Gasteiger partial charge in [-0.2, -0.15) is 0 Å². The van der Waals surface area contributed by atoms with Crippen molar-refractivity contribution in [2.24, 2.45) is 0 Å². The summed E-state index contributed by atoms with van der Waals surface area (Å²) >= 11 is 0. The summed E-state index contributed by atoms with van der Waals surface area (Å²) in [6, 6.07) is 12.0. The average Bonchev–Trinajstić information content (AvgIpc) is 2.66. The third-order valence-corrected chi connectivity index (χ3v) is 3.88. The van der Waals surface area contributed by atoms with Crippen molar-refractivity contribution in [1.29, 1.82) is 0 Å². The zero-order valence-electron chi connectivity index (χ0n) is 15.7. The number of hydrogen-bond acceptors (Lipinski definition) is 4. The fourth-order valence-electron chi connectivity index (χ4n) is 2.32. The first-order valence-electron chi connectivity index (χ1n) is 8.94. The molecule has 0 bridgehead atoms. The summed E-state index contributed by atoms with van der Waals surface area (Å²) in [6.07, 6.45) is 6.58. The zero-order valence-corrected chi connectivity index (χ0v) is 15.7. The van der Waals surface area contributed by atoms with Gasteiger partial charge in [0.25, 0.3) is 0 Å². The molecule has 28 heavy (non-hydrogen) atoms. The minimum atomic E-state index is -0.307. The van der Waals surface area contributed by atoms with E-state index >= 15 is 0 Å². The molecule has 0 aromatic heterocycles. The minimum absolute atomic E-state index is 0.0464. The van der Waals surface area contributed by atoms with Gasteiger partial charge in [-0.3, -0.25) is 9.59 Å². The van der Waals surface area contributed by atoms with E-state index in [-0.39, 0.29) is 23.3 Å². The summed E-state index contributed by atoms with van der Waals surface area (Å²) in [5.41, 5.74) is 2.55. The third-order valence-electron chi connectivity index (χ3n) is 3.88. The van der Waals surface area contributed by atoms with Crippen LogP contribution < -0.4 is 10.6 Å². The molecule has 0 fully saturated rings. The maximum atomic E-state index is 11.8. The van der Waals surface area contributed by atoms with Crippen molar-refractivity contribution >= 4 is 24.0 Å². The molecule has 0 aliphatic heterocycles. The molecule has 0 unspecified atom stereocenters. The lowest BCUT2D eigenvalue weighted by molar-refractivity contribution is -0.116. The van der Waals surface area contributed by atoms with Crippen LogP contribution in [0.5, 0.6) is 11.5 Å². The van der Waals surface area contributed by atoms with E-state index in [0.29, 0.717) is 25.1 Å². The van der Waals surface area contributed by atoms with Crippen molar-refractivity contribution in [3.63, 3.8) is 0 Å². The maximum absolute atomic E-state index is 11.8. The van der Waals surface area contributed by atoms with Crippen molar-refractivity contribution < 1.29 is 19.8 Å². The Hall–Kier alpha value is -3.54. The van der Waals surface area contributed by atoms with E-state index in [4.69, 9.17) is 0 Å². The Kier molecular flexibility index (Phi) is 7.84. The van der Waals surface area contributed by atoms with Gasteiger partial charge in [-0.1, -0.05) is 29.8 Å². The molecule has 4 N–H and O–H groups in total. The average molecular weight is 380 g/mol. The van der Waals surface area contributed by atoms with Crippen LogP contribution in [0.4, 0.5) is 0 Å². The normalized spacial score (nSPS) is 11.0. The Morgan fingerprint density at radius 3 is 2.11 bits per heavy atom. The van der Waals surface area contributed by atoms with E-state index in [1.54, 1.807) is 6.08 Å². The van der Waals surface area contributed by atoms with Crippen LogP contribution in [0.1, 0.15) is 23.1 Å². The standard InChI is InChI=1S/C22H24N2O4/c1-16-3-5-17(6-4-16)7-11-21(27)23-13-2-14-24-22(28)12-9-18-8-10-19(25)15-20(18)26/h3-12,15,25-26H,2,13-14H2,1H3,(H,23,27)(H,24,28)/b11-7+,12-9+. The summed E-state index contributed by atoms with van der Waals surface area (Å²) < 4.78 is 0. The number of aromatic hydroxyl groups is 2. The van der Waals surface area contributed by atoms with Crippen LogP contribution in [0.2, 0.25) is 0 Å². The largest absolute Gasteiger partial charge is 0.508 e. The van der Waals surface area contributed by atoms with Crippen molar-refractivity contribution in [3.05, 3.63) is 71.3 Å². The molecule has 0 aliphatic carbocycles.